The smallest absolute Gasteiger partial charge is 0.383 e. The minimum absolute atomic E-state index is 0.0493. The van der Waals surface area contributed by atoms with Crippen molar-refractivity contribution in [1.29, 1.82) is 0 Å². The Hall–Kier alpha value is -2.27. The van der Waals surface area contributed by atoms with Gasteiger partial charge in [-0.2, -0.15) is 18.2 Å². The van der Waals surface area contributed by atoms with Gasteiger partial charge < -0.3 is 14.6 Å². The minimum atomic E-state index is -4.75. The van der Waals surface area contributed by atoms with Crippen LogP contribution in [0.2, 0.25) is 0 Å². The molecule has 0 bridgehead atoms. The van der Waals surface area contributed by atoms with Crippen LogP contribution in [0.5, 0.6) is 0 Å². The number of nitrogens with one attached hydrogen (secondary N) is 1. The maximum absolute atomic E-state index is 12.4. The summed E-state index contributed by atoms with van der Waals surface area (Å²) in [4.78, 5) is 26.9. The first-order valence-electron chi connectivity index (χ1n) is 6.15. The van der Waals surface area contributed by atoms with Crippen LogP contribution < -0.4 is 5.32 Å². The van der Waals surface area contributed by atoms with Gasteiger partial charge in [-0.05, 0) is 12.1 Å². The molecule has 0 atom stereocenters. The molecule has 0 radical (unpaired) electrons. The Morgan fingerprint density at radius 2 is 2.13 bits per heavy atom. The van der Waals surface area contributed by atoms with Crippen molar-refractivity contribution in [2.45, 2.75) is 6.18 Å². The number of thiophene rings is 1. The van der Waals surface area contributed by atoms with Crippen LogP contribution in [0, 0.1) is 0 Å². The Morgan fingerprint density at radius 1 is 1.39 bits per heavy atom. The Labute approximate surface area is 131 Å². The van der Waals surface area contributed by atoms with Gasteiger partial charge in [-0.3, -0.25) is 9.59 Å². The number of Topliss-reactive ketones (excluding diaryl/α,β-unsaturated/α-hetero) is 1. The van der Waals surface area contributed by atoms with E-state index in [0.717, 1.165) is 11.3 Å². The molecule has 2 heterocycles. The van der Waals surface area contributed by atoms with E-state index in [0.29, 0.717) is 0 Å². The second-order valence-electron chi connectivity index (χ2n) is 4.16. The number of hydrogen-bond acceptors (Lipinski definition) is 7. The highest BCUT2D eigenvalue weighted by molar-refractivity contribution is 7.18. The van der Waals surface area contributed by atoms with Gasteiger partial charge in [0, 0.05) is 13.7 Å². The number of alkyl halides is 3. The molecule has 0 fully saturated rings. The fraction of sp³-hybridized carbons (Fsp3) is 0.333. The zero-order valence-electron chi connectivity index (χ0n) is 11.6. The molecular weight excluding hydrogens is 339 g/mol. The van der Waals surface area contributed by atoms with Gasteiger partial charge >= 0.3 is 12.1 Å². The van der Waals surface area contributed by atoms with Gasteiger partial charge in [0.25, 0.3) is 11.7 Å². The van der Waals surface area contributed by atoms with Crippen molar-refractivity contribution < 1.29 is 32.0 Å². The first kappa shape index (κ1) is 17.1. The number of nitrogens with zero attached hydrogens (tertiary/aromatic N) is 2. The normalized spacial score (nSPS) is 11.5. The van der Waals surface area contributed by atoms with Crippen LogP contribution in [-0.2, 0) is 15.7 Å². The van der Waals surface area contributed by atoms with Crippen LogP contribution in [0.25, 0.3) is 10.7 Å². The van der Waals surface area contributed by atoms with Gasteiger partial charge in [0.2, 0.25) is 5.82 Å². The molecule has 0 aliphatic heterocycles. The molecule has 124 valence electrons. The van der Waals surface area contributed by atoms with Crippen molar-refractivity contribution in [2.75, 3.05) is 20.3 Å². The predicted octanol–water partition coefficient (Wildman–Crippen LogP) is 1.76. The van der Waals surface area contributed by atoms with Crippen molar-refractivity contribution in [3.63, 3.8) is 0 Å². The first-order chi connectivity index (χ1) is 10.8. The van der Waals surface area contributed by atoms with E-state index in [9.17, 15) is 22.8 Å². The van der Waals surface area contributed by atoms with E-state index in [-0.39, 0.29) is 28.7 Å². The number of halogens is 3. The number of ketones is 1. The Kier molecular flexibility index (Phi) is 5.11. The molecule has 0 aliphatic carbocycles. The largest absolute Gasteiger partial charge is 0.471 e. The monoisotopic (exact) mass is 349 g/mol. The maximum atomic E-state index is 12.4. The van der Waals surface area contributed by atoms with E-state index in [1.165, 1.54) is 19.2 Å². The molecule has 23 heavy (non-hydrogen) atoms. The lowest BCUT2D eigenvalue weighted by atomic mass is 10.3. The summed E-state index contributed by atoms with van der Waals surface area (Å²) in [6, 6.07) is 2.65. The van der Waals surface area contributed by atoms with Crippen LogP contribution in [0.1, 0.15) is 15.6 Å². The quantitative estimate of drug-likeness (QED) is 0.485. The van der Waals surface area contributed by atoms with E-state index in [1.54, 1.807) is 0 Å². The molecule has 1 amide bonds. The molecule has 0 saturated carbocycles. The van der Waals surface area contributed by atoms with Crippen molar-refractivity contribution in [3.05, 3.63) is 22.9 Å². The van der Waals surface area contributed by atoms with Crippen LogP contribution in [0.3, 0.4) is 0 Å². The molecule has 11 heteroatoms. The third kappa shape index (κ3) is 4.13. The first-order valence-corrected chi connectivity index (χ1v) is 6.97. The number of rotatable bonds is 6. The number of aromatic nitrogens is 2. The highest BCUT2D eigenvalue weighted by Gasteiger charge is 2.38. The number of ether oxygens (including phenoxy) is 1. The topological polar surface area (TPSA) is 94.3 Å². The Bertz CT molecular complexity index is 710. The highest BCUT2D eigenvalue weighted by atomic mass is 32.1. The number of carbonyl (C=O) groups excluding carboxylic acids is 2. The van der Waals surface area contributed by atoms with Crippen molar-refractivity contribution in [1.82, 2.24) is 15.5 Å². The predicted molar refractivity (Wildman–Crippen MR) is 71.8 cm³/mol. The number of carbonyl (C=O) groups is 2. The molecule has 0 aromatic carbocycles. The standard InChI is InChI=1S/C12H10F3N3O4S/c1-21-5-4-16-10(20)8(19)6-2-3-7(23-6)9-17-11(22-18-9)12(13,14)15/h2-3H,4-5H2,1H3,(H,16,20). The molecule has 7 nitrogen and oxygen atoms in total. The van der Waals surface area contributed by atoms with Crippen molar-refractivity contribution in [2.24, 2.45) is 0 Å². The molecular formula is C12H10F3N3O4S. The average Bonchev–Trinajstić information content (AvgIpc) is 3.14. The molecule has 0 unspecified atom stereocenters. The SMILES string of the molecule is COCCNC(=O)C(=O)c1ccc(-c2noc(C(F)(F)F)n2)s1. The molecule has 0 spiro atoms. The van der Waals surface area contributed by atoms with E-state index in [2.05, 4.69) is 20.0 Å². The second-order valence-corrected chi connectivity index (χ2v) is 5.25. The van der Waals surface area contributed by atoms with Gasteiger partial charge in [-0.25, -0.2) is 0 Å². The summed E-state index contributed by atoms with van der Waals surface area (Å²) in [7, 11) is 1.44. The van der Waals surface area contributed by atoms with E-state index >= 15 is 0 Å². The number of amides is 1. The van der Waals surface area contributed by atoms with E-state index in [4.69, 9.17) is 4.74 Å². The van der Waals surface area contributed by atoms with Gasteiger partial charge in [0.05, 0.1) is 16.4 Å². The Balaban J connectivity index is 2.10. The average molecular weight is 349 g/mol. The molecule has 0 saturated heterocycles. The van der Waals surface area contributed by atoms with E-state index in [1.807, 2.05) is 0 Å². The van der Waals surface area contributed by atoms with Crippen LogP contribution >= 0.6 is 11.3 Å². The summed E-state index contributed by atoms with van der Waals surface area (Å²) in [6.07, 6.45) is -4.75. The Morgan fingerprint density at radius 3 is 2.74 bits per heavy atom. The zero-order chi connectivity index (χ0) is 17.0. The van der Waals surface area contributed by atoms with Gasteiger partial charge in [0.15, 0.2) is 0 Å². The summed E-state index contributed by atoms with van der Waals surface area (Å²) < 4.78 is 46.0. The minimum Gasteiger partial charge on any atom is -0.383 e. The summed E-state index contributed by atoms with van der Waals surface area (Å²) >= 11 is 0.792. The third-order valence-corrected chi connectivity index (χ3v) is 3.60. The highest BCUT2D eigenvalue weighted by Crippen LogP contribution is 2.31. The number of hydrogen-bond donors (Lipinski definition) is 1. The fourth-order valence-corrected chi connectivity index (χ4v) is 2.35. The van der Waals surface area contributed by atoms with Crippen molar-refractivity contribution in [3.8, 4) is 10.7 Å². The molecule has 0 aliphatic rings. The maximum Gasteiger partial charge on any atom is 0.471 e. The lowest BCUT2D eigenvalue weighted by Gasteiger charge is -2.01. The third-order valence-electron chi connectivity index (χ3n) is 2.52. The summed E-state index contributed by atoms with van der Waals surface area (Å²) in [6.45, 7) is 0.414. The summed E-state index contributed by atoms with van der Waals surface area (Å²) in [5.41, 5.74) is 0. The molecule has 2 aromatic heterocycles. The lowest BCUT2D eigenvalue weighted by molar-refractivity contribution is -0.159. The van der Waals surface area contributed by atoms with Crippen LogP contribution in [-0.4, -0.2) is 42.1 Å². The van der Waals surface area contributed by atoms with Gasteiger partial charge in [-0.1, -0.05) is 5.16 Å². The molecule has 1 N–H and O–H groups in total. The molecule has 2 rings (SSSR count). The van der Waals surface area contributed by atoms with Crippen molar-refractivity contribution >= 4 is 23.0 Å². The number of methoxy groups -OCH3 is 1. The fourth-order valence-electron chi connectivity index (χ4n) is 1.48. The zero-order valence-corrected chi connectivity index (χ0v) is 12.5. The van der Waals surface area contributed by atoms with E-state index < -0.39 is 23.8 Å². The van der Waals surface area contributed by atoms with Gasteiger partial charge in [-0.15, -0.1) is 11.3 Å². The summed E-state index contributed by atoms with van der Waals surface area (Å²) in [5, 5.41) is 5.56. The molecule has 2 aromatic rings. The van der Waals surface area contributed by atoms with Gasteiger partial charge in [0.1, 0.15) is 0 Å². The second kappa shape index (κ2) is 6.87. The lowest BCUT2D eigenvalue weighted by Crippen LogP contribution is -2.32. The summed E-state index contributed by atoms with van der Waals surface area (Å²) in [5.74, 6) is -3.43. The van der Waals surface area contributed by atoms with Crippen LogP contribution in [0.4, 0.5) is 13.2 Å². The van der Waals surface area contributed by atoms with Crippen LogP contribution in [0.15, 0.2) is 16.7 Å².